The van der Waals surface area contributed by atoms with Gasteiger partial charge in [-0.3, -0.25) is 4.98 Å². The topological polar surface area (TPSA) is 42.1 Å². The van der Waals surface area contributed by atoms with Crippen molar-refractivity contribution in [1.29, 1.82) is 0 Å². The van der Waals surface area contributed by atoms with E-state index in [1.54, 1.807) is 6.20 Å². The molecule has 16 heavy (non-hydrogen) atoms. The molecule has 2 heterocycles. The first-order valence-electron chi connectivity index (χ1n) is 5.72. The van der Waals surface area contributed by atoms with Gasteiger partial charge >= 0.3 is 0 Å². The van der Waals surface area contributed by atoms with Crippen LogP contribution in [0.3, 0.4) is 0 Å². The van der Waals surface area contributed by atoms with Crippen LogP contribution in [-0.4, -0.2) is 18.1 Å². The van der Waals surface area contributed by atoms with E-state index in [1.165, 1.54) is 6.42 Å². The summed E-state index contributed by atoms with van der Waals surface area (Å²) in [6, 6.07) is 0. The first kappa shape index (κ1) is 11.7. The quantitative estimate of drug-likeness (QED) is 0.862. The highest BCUT2D eigenvalue weighted by Gasteiger charge is 2.24. The predicted molar refractivity (Wildman–Crippen MR) is 71.5 cm³/mol. The van der Waals surface area contributed by atoms with Crippen LogP contribution in [0.25, 0.3) is 0 Å². The molecule has 88 valence electrons. The summed E-state index contributed by atoms with van der Waals surface area (Å²) in [6.07, 6.45) is 4.85. The Bertz CT molecular complexity index is 350. The molecule has 0 amide bonds. The number of nitrogens with zero attached hydrogens (tertiary/aromatic N) is 2. The second kappa shape index (κ2) is 4.62. The number of aromatic nitrogens is 1. The minimum absolute atomic E-state index is 0.725. The summed E-state index contributed by atoms with van der Waals surface area (Å²) in [4.78, 5) is 6.45. The Morgan fingerprint density at radius 2 is 1.94 bits per heavy atom. The van der Waals surface area contributed by atoms with Crippen molar-refractivity contribution in [1.82, 2.24) is 4.98 Å². The molecule has 2 N–H and O–H groups in total. The van der Waals surface area contributed by atoms with Gasteiger partial charge in [0.25, 0.3) is 0 Å². The number of piperidine rings is 1. The van der Waals surface area contributed by atoms with E-state index in [-0.39, 0.29) is 0 Å². The van der Waals surface area contributed by atoms with Gasteiger partial charge in [-0.15, -0.1) is 0 Å². The maximum Gasteiger partial charge on any atom is 0.0776 e. The molecule has 1 aliphatic rings. The molecule has 0 radical (unpaired) electrons. The minimum Gasteiger partial charge on any atom is -0.396 e. The minimum atomic E-state index is 0.725. The summed E-state index contributed by atoms with van der Waals surface area (Å²) in [6.45, 7) is 6.76. The lowest BCUT2D eigenvalue weighted by molar-refractivity contribution is 0.357. The fraction of sp³-hybridized carbons (Fsp3) is 0.583. The van der Waals surface area contributed by atoms with Crippen LogP contribution in [0.5, 0.6) is 0 Å². The first-order chi connectivity index (χ1) is 7.58. The maximum atomic E-state index is 6.01. The third-order valence-electron chi connectivity index (χ3n) is 3.09. The third-order valence-corrected chi connectivity index (χ3v) is 3.67. The summed E-state index contributed by atoms with van der Waals surface area (Å²) < 4.78 is 0.994. The monoisotopic (exact) mass is 283 g/mol. The lowest BCUT2D eigenvalue weighted by atomic mass is 9.91. The van der Waals surface area contributed by atoms with Gasteiger partial charge in [0.15, 0.2) is 0 Å². The molecule has 4 heteroatoms. The van der Waals surface area contributed by atoms with Crippen LogP contribution in [0, 0.1) is 11.8 Å². The normalized spacial score (nSPS) is 25.8. The molecule has 3 nitrogen and oxygen atoms in total. The second-order valence-corrected chi connectivity index (χ2v) is 5.76. The van der Waals surface area contributed by atoms with Crippen molar-refractivity contribution in [2.75, 3.05) is 23.7 Å². The van der Waals surface area contributed by atoms with Crippen LogP contribution in [0.1, 0.15) is 20.3 Å². The summed E-state index contributed by atoms with van der Waals surface area (Å²) >= 11 is 3.54. The summed E-state index contributed by atoms with van der Waals surface area (Å²) in [5.41, 5.74) is 7.87. The fourth-order valence-electron chi connectivity index (χ4n) is 2.62. The van der Waals surface area contributed by atoms with Gasteiger partial charge in [-0.2, -0.15) is 0 Å². The summed E-state index contributed by atoms with van der Waals surface area (Å²) in [5, 5.41) is 0. The lowest BCUT2D eigenvalue weighted by Crippen LogP contribution is -2.39. The Morgan fingerprint density at radius 1 is 1.31 bits per heavy atom. The third kappa shape index (κ3) is 2.32. The summed E-state index contributed by atoms with van der Waals surface area (Å²) in [7, 11) is 0. The van der Waals surface area contributed by atoms with Gasteiger partial charge in [0.05, 0.1) is 22.0 Å². The van der Waals surface area contributed by atoms with E-state index in [4.69, 9.17) is 5.73 Å². The fourth-order valence-corrected chi connectivity index (χ4v) is 3.22. The average molecular weight is 284 g/mol. The molecule has 0 spiro atoms. The average Bonchev–Trinajstić information content (AvgIpc) is 2.15. The van der Waals surface area contributed by atoms with Gasteiger partial charge in [-0.05, 0) is 34.2 Å². The number of anilines is 2. The van der Waals surface area contributed by atoms with E-state index in [9.17, 15) is 0 Å². The van der Waals surface area contributed by atoms with Crippen molar-refractivity contribution >= 4 is 27.3 Å². The molecule has 2 unspecified atom stereocenters. The highest BCUT2D eigenvalue weighted by atomic mass is 79.9. The molecule has 1 saturated heterocycles. The molecule has 0 bridgehead atoms. The van der Waals surface area contributed by atoms with Crippen LogP contribution in [0.4, 0.5) is 11.4 Å². The zero-order valence-electron chi connectivity index (χ0n) is 9.78. The Morgan fingerprint density at radius 3 is 2.50 bits per heavy atom. The van der Waals surface area contributed by atoms with Crippen molar-refractivity contribution in [3.63, 3.8) is 0 Å². The first-order valence-corrected chi connectivity index (χ1v) is 6.51. The molecule has 1 fully saturated rings. The molecule has 2 rings (SSSR count). The van der Waals surface area contributed by atoms with E-state index < -0.39 is 0 Å². The van der Waals surface area contributed by atoms with Gasteiger partial charge in [-0.1, -0.05) is 13.8 Å². The number of rotatable bonds is 1. The van der Waals surface area contributed by atoms with Crippen LogP contribution < -0.4 is 10.6 Å². The Labute approximate surface area is 105 Å². The molecular formula is C12H18BrN3. The molecule has 1 aliphatic heterocycles. The predicted octanol–water partition coefficient (Wildman–Crippen LogP) is 2.91. The van der Waals surface area contributed by atoms with Gasteiger partial charge in [0.2, 0.25) is 0 Å². The van der Waals surface area contributed by atoms with Crippen LogP contribution >= 0.6 is 15.9 Å². The van der Waals surface area contributed by atoms with E-state index in [1.807, 2.05) is 6.20 Å². The summed E-state index contributed by atoms with van der Waals surface area (Å²) in [5.74, 6) is 1.45. The maximum absolute atomic E-state index is 6.01. The van der Waals surface area contributed by atoms with Gasteiger partial charge in [0.1, 0.15) is 0 Å². The molecule has 0 aromatic carbocycles. The Kier molecular flexibility index (Phi) is 3.38. The van der Waals surface area contributed by atoms with Crippen molar-refractivity contribution in [2.45, 2.75) is 20.3 Å². The highest BCUT2D eigenvalue weighted by molar-refractivity contribution is 9.10. The van der Waals surface area contributed by atoms with E-state index >= 15 is 0 Å². The van der Waals surface area contributed by atoms with Crippen LogP contribution in [0.15, 0.2) is 16.9 Å². The number of hydrogen-bond acceptors (Lipinski definition) is 3. The number of halogens is 1. The lowest BCUT2D eigenvalue weighted by Gasteiger charge is -2.37. The molecule has 0 aliphatic carbocycles. The largest absolute Gasteiger partial charge is 0.396 e. The molecule has 0 saturated carbocycles. The zero-order valence-corrected chi connectivity index (χ0v) is 11.4. The smallest absolute Gasteiger partial charge is 0.0776 e. The van der Waals surface area contributed by atoms with E-state index in [0.29, 0.717) is 0 Å². The highest BCUT2D eigenvalue weighted by Crippen LogP contribution is 2.35. The van der Waals surface area contributed by atoms with Crippen molar-refractivity contribution in [3.05, 3.63) is 16.9 Å². The van der Waals surface area contributed by atoms with Crippen molar-refractivity contribution in [3.8, 4) is 0 Å². The molecule has 1 aromatic rings. The number of pyridine rings is 1. The van der Waals surface area contributed by atoms with Crippen molar-refractivity contribution in [2.24, 2.45) is 11.8 Å². The van der Waals surface area contributed by atoms with Crippen LogP contribution in [0.2, 0.25) is 0 Å². The number of nitrogens with two attached hydrogens (primary N) is 1. The zero-order chi connectivity index (χ0) is 11.7. The van der Waals surface area contributed by atoms with Gasteiger partial charge in [-0.25, -0.2) is 0 Å². The molecule has 2 atom stereocenters. The number of nitrogen functional groups attached to an aromatic ring is 1. The SMILES string of the molecule is CC1CC(C)CN(c2c(N)cncc2Br)C1. The Hall–Kier alpha value is -0.770. The molecule has 1 aromatic heterocycles. The van der Waals surface area contributed by atoms with Crippen molar-refractivity contribution < 1.29 is 0 Å². The molecular weight excluding hydrogens is 266 g/mol. The van der Waals surface area contributed by atoms with Gasteiger partial charge in [0, 0.05) is 19.3 Å². The van der Waals surface area contributed by atoms with Gasteiger partial charge < -0.3 is 10.6 Å². The van der Waals surface area contributed by atoms with Crippen LogP contribution in [-0.2, 0) is 0 Å². The standard InChI is InChI=1S/C12H18BrN3/c1-8-3-9(2)7-16(6-8)12-10(13)4-15-5-11(12)14/h4-5,8-9H,3,6-7,14H2,1-2H3. The number of hydrogen-bond donors (Lipinski definition) is 1. The second-order valence-electron chi connectivity index (χ2n) is 4.91. The Balaban J connectivity index is 2.29. The van der Waals surface area contributed by atoms with E-state index in [0.717, 1.165) is 40.8 Å². The van der Waals surface area contributed by atoms with E-state index in [2.05, 4.69) is 39.7 Å².